The van der Waals surface area contributed by atoms with Crippen LogP contribution in [0.2, 0.25) is 0 Å². The standard InChI is InChI=1S/C20H24N2O3/c23-20(16-25-18-9-5-2-6-10-18)21-15-19(17-7-3-1-4-8-17)22-11-13-24-14-12-22/h1-10,19H,11-16H2,(H,21,23). The van der Waals surface area contributed by atoms with Crippen LogP contribution in [0.5, 0.6) is 5.75 Å². The molecule has 5 nitrogen and oxygen atoms in total. The fourth-order valence-electron chi connectivity index (χ4n) is 2.95. The minimum atomic E-state index is -0.113. The van der Waals surface area contributed by atoms with Crippen molar-refractivity contribution in [2.45, 2.75) is 6.04 Å². The third kappa shape index (κ3) is 5.31. The molecule has 25 heavy (non-hydrogen) atoms. The molecule has 1 N–H and O–H groups in total. The molecule has 3 rings (SSSR count). The summed E-state index contributed by atoms with van der Waals surface area (Å²) in [6, 6.07) is 19.8. The number of amides is 1. The Bertz CT molecular complexity index is 643. The van der Waals surface area contributed by atoms with Gasteiger partial charge in [-0.05, 0) is 17.7 Å². The number of nitrogens with zero attached hydrogens (tertiary/aromatic N) is 1. The molecule has 2 aromatic rings. The lowest BCUT2D eigenvalue weighted by Gasteiger charge is -2.34. The molecule has 1 unspecified atom stereocenters. The zero-order valence-electron chi connectivity index (χ0n) is 14.3. The van der Waals surface area contributed by atoms with E-state index in [0.717, 1.165) is 26.3 Å². The lowest BCUT2D eigenvalue weighted by atomic mass is 10.0. The first kappa shape index (κ1) is 17.5. The van der Waals surface area contributed by atoms with Crippen LogP contribution >= 0.6 is 0 Å². The molecule has 1 atom stereocenters. The second-order valence-electron chi connectivity index (χ2n) is 5.98. The number of rotatable bonds is 7. The van der Waals surface area contributed by atoms with Gasteiger partial charge in [-0.15, -0.1) is 0 Å². The van der Waals surface area contributed by atoms with E-state index in [1.165, 1.54) is 5.56 Å². The van der Waals surface area contributed by atoms with E-state index in [0.29, 0.717) is 12.3 Å². The number of hydrogen-bond acceptors (Lipinski definition) is 4. The van der Waals surface area contributed by atoms with Gasteiger partial charge in [0.1, 0.15) is 5.75 Å². The maximum Gasteiger partial charge on any atom is 0.258 e. The fraction of sp³-hybridized carbons (Fsp3) is 0.350. The highest BCUT2D eigenvalue weighted by molar-refractivity contribution is 5.77. The summed E-state index contributed by atoms with van der Waals surface area (Å²) in [7, 11) is 0. The highest BCUT2D eigenvalue weighted by Crippen LogP contribution is 2.21. The van der Waals surface area contributed by atoms with Crippen LogP contribution in [0, 0.1) is 0 Å². The van der Waals surface area contributed by atoms with Crippen molar-refractivity contribution in [3.05, 3.63) is 66.2 Å². The minimum Gasteiger partial charge on any atom is -0.484 e. The molecule has 0 bridgehead atoms. The lowest BCUT2D eigenvalue weighted by Crippen LogP contribution is -2.44. The van der Waals surface area contributed by atoms with Gasteiger partial charge in [0.25, 0.3) is 5.91 Å². The number of hydrogen-bond donors (Lipinski definition) is 1. The zero-order valence-corrected chi connectivity index (χ0v) is 14.3. The largest absolute Gasteiger partial charge is 0.484 e. The molecule has 1 saturated heterocycles. The van der Waals surface area contributed by atoms with E-state index < -0.39 is 0 Å². The second-order valence-corrected chi connectivity index (χ2v) is 5.98. The van der Waals surface area contributed by atoms with E-state index in [2.05, 4.69) is 22.3 Å². The quantitative estimate of drug-likeness (QED) is 0.840. The van der Waals surface area contributed by atoms with Crippen LogP contribution < -0.4 is 10.1 Å². The van der Waals surface area contributed by atoms with Gasteiger partial charge >= 0.3 is 0 Å². The smallest absolute Gasteiger partial charge is 0.258 e. The summed E-state index contributed by atoms with van der Waals surface area (Å²) in [5.74, 6) is 0.587. The van der Waals surface area contributed by atoms with Gasteiger partial charge in [0.05, 0.1) is 19.3 Å². The van der Waals surface area contributed by atoms with Gasteiger partial charge in [-0.25, -0.2) is 0 Å². The number of benzene rings is 2. The predicted molar refractivity (Wildman–Crippen MR) is 96.5 cm³/mol. The van der Waals surface area contributed by atoms with E-state index in [-0.39, 0.29) is 18.6 Å². The average molecular weight is 340 g/mol. The number of carbonyl (C=O) groups excluding carboxylic acids is 1. The number of morpholine rings is 1. The first-order chi connectivity index (χ1) is 12.3. The number of para-hydroxylation sites is 1. The Hall–Kier alpha value is -2.37. The minimum absolute atomic E-state index is 0.0225. The van der Waals surface area contributed by atoms with E-state index in [1.54, 1.807) is 0 Å². The zero-order chi connectivity index (χ0) is 17.3. The van der Waals surface area contributed by atoms with Gasteiger partial charge in [-0.2, -0.15) is 0 Å². The van der Waals surface area contributed by atoms with E-state index in [9.17, 15) is 4.79 Å². The molecule has 0 aromatic heterocycles. The van der Waals surface area contributed by atoms with Crippen LogP contribution in [-0.2, 0) is 9.53 Å². The van der Waals surface area contributed by atoms with Crippen LogP contribution in [0.25, 0.3) is 0 Å². The van der Waals surface area contributed by atoms with Crippen molar-refractivity contribution in [3.8, 4) is 5.75 Å². The van der Waals surface area contributed by atoms with Gasteiger partial charge in [0, 0.05) is 19.6 Å². The molecule has 0 aliphatic carbocycles. The van der Waals surface area contributed by atoms with Crippen LogP contribution in [0.15, 0.2) is 60.7 Å². The molecular weight excluding hydrogens is 316 g/mol. The Balaban J connectivity index is 1.55. The van der Waals surface area contributed by atoms with E-state index >= 15 is 0 Å². The third-order valence-electron chi connectivity index (χ3n) is 4.28. The summed E-state index contributed by atoms with van der Waals surface area (Å²) < 4.78 is 11.0. The van der Waals surface area contributed by atoms with Gasteiger partial charge in [-0.1, -0.05) is 48.5 Å². The van der Waals surface area contributed by atoms with Crippen LogP contribution in [0.4, 0.5) is 0 Å². The number of ether oxygens (including phenoxy) is 2. The van der Waals surface area contributed by atoms with Crippen molar-refractivity contribution in [1.82, 2.24) is 10.2 Å². The van der Waals surface area contributed by atoms with Crippen LogP contribution in [-0.4, -0.2) is 50.3 Å². The molecule has 0 radical (unpaired) electrons. The molecule has 1 heterocycles. The van der Waals surface area contributed by atoms with Gasteiger partial charge in [0.15, 0.2) is 6.61 Å². The Labute approximate surface area is 148 Å². The topological polar surface area (TPSA) is 50.8 Å². The van der Waals surface area contributed by atoms with E-state index in [1.807, 2.05) is 48.5 Å². The predicted octanol–water partition coefficient (Wildman–Crippen LogP) is 2.26. The SMILES string of the molecule is O=C(COc1ccccc1)NCC(c1ccccc1)N1CCOCC1. The third-order valence-corrected chi connectivity index (χ3v) is 4.28. The summed E-state index contributed by atoms with van der Waals surface area (Å²) in [6.45, 7) is 3.78. The normalized spacial score (nSPS) is 16.2. The van der Waals surface area contributed by atoms with Crippen molar-refractivity contribution in [2.24, 2.45) is 0 Å². The Morgan fingerprint density at radius 3 is 2.36 bits per heavy atom. The van der Waals surface area contributed by atoms with Gasteiger partial charge in [-0.3, -0.25) is 9.69 Å². The van der Waals surface area contributed by atoms with Crippen molar-refractivity contribution in [2.75, 3.05) is 39.5 Å². The monoisotopic (exact) mass is 340 g/mol. The maximum absolute atomic E-state index is 12.2. The Morgan fingerprint density at radius 2 is 1.68 bits per heavy atom. The Kier molecular flexibility index (Phi) is 6.42. The molecule has 132 valence electrons. The summed E-state index contributed by atoms with van der Waals surface area (Å²) in [6.07, 6.45) is 0. The molecule has 1 aliphatic rings. The van der Waals surface area contributed by atoms with E-state index in [4.69, 9.17) is 9.47 Å². The molecule has 2 aromatic carbocycles. The van der Waals surface area contributed by atoms with Gasteiger partial charge in [0.2, 0.25) is 0 Å². The fourth-order valence-corrected chi connectivity index (χ4v) is 2.95. The highest BCUT2D eigenvalue weighted by atomic mass is 16.5. The summed E-state index contributed by atoms with van der Waals surface area (Å²) in [4.78, 5) is 14.5. The maximum atomic E-state index is 12.2. The summed E-state index contributed by atoms with van der Waals surface area (Å²) in [5, 5.41) is 3.00. The summed E-state index contributed by atoms with van der Waals surface area (Å²) >= 11 is 0. The second kappa shape index (κ2) is 9.20. The van der Waals surface area contributed by atoms with Crippen molar-refractivity contribution < 1.29 is 14.3 Å². The molecule has 1 amide bonds. The lowest BCUT2D eigenvalue weighted by molar-refractivity contribution is -0.123. The van der Waals surface area contributed by atoms with Crippen molar-refractivity contribution in [3.63, 3.8) is 0 Å². The van der Waals surface area contributed by atoms with Crippen molar-refractivity contribution >= 4 is 5.91 Å². The van der Waals surface area contributed by atoms with Gasteiger partial charge < -0.3 is 14.8 Å². The van der Waals surface area contributed by atoms with Crippen LogP contribution in [0.1, 0.15) is 11.6 Å². The highest BCUT2D eigenvalue weighted by Gasteiger charge is 2.23. The average Bonchev–Trinajstić information content (AvgIpc) is 2.69. The Morgan fingerprint density at radius 1 is 1.04 bits per heavy atom. The molecule has 0 spiro atoms. The molecule has 1 aliphatic heterocycles. The van der Waals surface area contributed by atoms with Crippen molar-refractivity contribution in [1.29, 1.82) is 0 Å². The first-order valence-corrected chi connectivity index (χ1v) is 8.64. The number of nitrogens with one attached hydrogen (secondary N) is 1. The number of carbonyl (C=O) groups is 1. The summed E-state index contributed by atoms with van der Waals surface area (Å²) in [5.41, 5.74) is 1.20. The molecular formula is C20H24N2O3. The molecule has 5 heteroatoms. The first-order valence-electron chi connectivity index (χ1n) is 8.64. The molecule has 1 fully saturated rings. The van der Waals surface area contributed by atoms with Crippen LogP contribution in [0.3, 0.4) is 0 Å². The molecule has 0 saturated carbocycles.